The van der Waals surface area contributed by atoms with Crippen LogP contribution in [0.1, 0.15) is 42.9 Å². The molecule has 0 saturated carbocycles. The molecule has 1 aliphatic rings. The van der Waals surface area contributed by atoms with Crippen molar-refractivity contribution in [2.45, 2.75) is 40.0 Å². The van der Waals surface area contributed by atoms with Gasteiger partial charge in [0.2, 0.25) is 5.88 Å². The summed E-state index contributed by atoms with van der Waals surface area (Å²) in [6.45, 7) is 6.54. The predicted octanol–water partition coefficient (Wildman–Crippen LogP) is 5.50. The van der Waals surface area contributed by atoms with E-state index in [1.807, 2.05) is 44.2 Å². The minimum atomic E-state index is -0.303. The molecule has 1 aromatic carbocycles. The van der Waals surface area contributed by atoms with Crippen molar-refractivity contribution in [2.75, 3.05) is 6.54 Å². The summed E-state index contributed by atoms with van der Waals surface area (Å²) in [5.74, 6) is 0.550. The van der Waals surface area contributed by atoms with Crippen molar-refractivity contribution in [3.8, 4) is 11.6 Å². The smallest absolute Gasteiger partial charge is 0.269 e. The summed E-state index contributed by atoms with van der Waals surface area (Å²) < 4.78 is 8.06. The fourth-order valence-electron chi connectivity index (χ4n) is 3.63. The predicted molar refractivity (Wildman–Crippen MR) is 137 cm³/mol. The zero-order valence-electron chi connectivity index (χ0n) is 18.8. The van der Waals surface area contributed by atoms with Gasteiger partial charge in [-0.1, -0.05) is 61.9 Å². The molecule has 3 heterocycles. The summed E-state index contributed by atoms with van der Waals surface area (Å²) in [5.41, 5.74) is 2.29. The Labute approximate surface area is 202 Å². The minimum absolute atomic E-state index is 0.163. The van der Waals surface area contributed by atoms with Crippen molar-refractivity contribution in [2.24, 2.45) is 0 Å². The number of amides is 1. The summed E-state index contributed by atoms with van der Waals surface area (Å²) in [7, 11) is 0. The van der Waals surface area contributed by atoms with E-state index in [1.54, 1.807) is 23.2 Å². The maximum atomic E-state index is 13.5. The first-order valence-corrected chi connectivity index (χ1v) is 12.1. The molecule has 8 heteroatoms. The Morgan fingerprint density at radius 1 is 1.15 bits per heavy atom. The lowest BCUT2D eigenvalue weighted by Gasteiger charge is -2.13. The molecule has 0 atom stereocenters. The Bertz CT molecular complexity index is 1330. The van der Waals surface area contributed by atoms with Crippen LogP contribution in [0.3, 0.4) is 0 Å². The van der Waals surface area contributed by atoms with Gasteiger partial charge >= 0.3 is 0 Å². The van der Waals surface area contributed by atoms with Gasteiger partial charge < -0.3 is 4.74 Å². The van der Waals surface area contributed by atoms with Gasteiger partial charge in [-0.05, 0) is 55.7 Å². The number of carbonyl (C=O) groups excluding carboxylic acids is 1. The van der Waals surface area contributed by atoms with Crippen LogP contribution in [0.2, 0.25) is 0 Å². The Morgan fingerprint density at radius 2 is 1.97 bits per heavy atom. The number of hydrogen-bond acceptors (Lipinski definition) is 6. The van der Waals surface area contributed by atoms with Crippen LogP contribution in [-0.4, -0.2) is 31.1 Å². The Hall–Kier alpha value is -2.97. The van der Waals surface area contributed by atoms with Crippen molar-refractivity contribution >= 4 is 45.9 Å². The third-order valence-corrected chi connectivity index (χ3v) is 6.77. The normalized spacial score (nSPS) is 15.1. The van der Waals surface area contributed by atoms with Gasteiger partial charge in [0.1, 0.15) is 21.3 Å². The van der Waals surface area contributed by atoms with Crippen LogP contribution in [0.25, 0.3) is 11.7 Å². The van der Waals surface area contributed by atoms with Crippen LogP contribution >= 0.6 is 24.0 Å². The van der Waals surface area contributed by atoms with Crippen LogP contribution < -0.4 is 10.3 Å². The standard InChI is InChI=1S/C25H25N3O3S2/c1-4-5-6-12-28-24(30)20(33-25(28)32)15-19-22(31-18-11-7-9-16(2)14-18)26-21-17(3)10-8-13-27(21)23(19)29/h7-11,13-15H,4-6,12H2,1-3H3/b20-15+. The first kappa shape index (κ1) is 23.2. The number of thioether (sulfide) groups is 1. The number of thiocarbonyl (C=S) groups is 1. The van der Waals surface area contributed by atoms with E-state index >= 15 is 0 Å². The Kier molecular flexibility index (Phi) is 6.95. The molecular weight excluding hydrogens is 454 g/mol. The second kappa shape index (κ2) is 9.89. The number of pyridine rings is 1. The average Bonchev–Trinajstić information content (AvgIpc) is 3.04. The molecule has 0 bridgehead atoms. The fourth-order valence-corrected chi connectivity index (χ4v) is 4.92. The van der Waals surface area contributed by atoms with E-state index in [2.05, 4.69) is 11.9 Å². The molecule has 0 spiro atoms. The zero-order chi connectivity index (χ0) is 23.5. The van der Waals surface area contributed by atoms with Crippen molar-refractivity contribution in [3.63, 3.8) is 0 Å². The van der Waals surface area contributed by atoms with Crippen molar-refractivity contribution in [3.05, 3.63) is 74.5 Å². The quantitative estimate of drug-likeness (QED) is 0.253. The number of rotatable bonds is 7. The number of aromatic nitrogens is 2. The second-order valence-electron chi connectivity index (χ2n) is 7.98. The first-order valence-electron chi connectivity index (χ1n) is 10.9. The van der Waals surface area contributed by atoms with E-state index in [-0.39, 0.29) is 22.9 Å². The highest BCUT2D eigenvalue weighted by molar-refractivity contribution is 8.26. The molecule has 0 aliphatic carbocycles. The summed E-state index contributed by atoms with van der Waals surface area (Å²) in [5, 5.41) is 0. The molecule has 1 saturated heterocycles. The maximum absolute atomic E-state index is 13.5. The third kappa shape index (κ3) is 4.86. The number of aryl methyl sites for hydroxylation is 2. The molecular formula is C25H25N3O3S2. The van der Waals surface area contributed by atoms with E-state index in [0.717, 1.165) is 30.4 Å². The van der Waals surface area contributed by atoms with Gasteiger partial charge in [0.05, 0.1) is 4.91 Å². The lowest BCUT2D eigenvalue weighted by molar-refractivity contribution is -0.122. The lowest BCUT2D eigenvalue weighted by atomic mass is 10.2. The molecule has 170 valence electrons. The van der Waals surface area contributed by atoms with Crippen LogP contribution in [0.5, 0.6) is 11.6 Å². The van der Waals surface area contributed by atoms with Crippen molar-refractivity contribution in [1.29, 1.82) is 0 Å². The molecule has 1 amide bonds. The number of hydrogen-bond donors (Lipinski definition) is 0. The highest BCUT2D eigenvalue weighted by Crippen LogP contribution is 2.34. The van der Waals surface area contributed by atoms with E-state index < -0.39 is 0 Å². The molecule has 0 unspecified atom stereocenters. The van der Waals surface area contributed by atoms with E-state index in [1.165, 1.54) is 16.2 Å². The summed E-state index contributed by atoms with van der Waals surface area (Å²) in [6.07, 6.45) is 6.20. The van der Waals surface area contributed by atoms with E-state index in [0.29, 0.717) is 27.2 Å². The largest absolute Gasteiger partial charge is 0.438 e. The molecule has 1 fully saturated rings. The Balaban J connectivity index is 1.80. The zero-order valence-corrected chi connectivity index (χ0v) is 20.5. The van der Waals surface area contributed by atoms with Crippen LogP contribution in [0.4, 0.5) is 0 Å². The minimum Gasteiger partial charge on any atom is -0.438 e. The first-order chi connectivity index (χ1) is 15.9. The summed E-state index contributed by atoms with van der Waals surface area (Å²) in [6, 6.07) is 11.2. The monoisotopic (exact) mass is 479 g/mol. The number of nitrogens with zero attached hydrogens (tertiary/aromatic N) is 3. The Morgan fingerprint density at radius 3 is 2.73 bits per heavy atom. The fraction of sp³-hybridized carbons (Fsp3) is 0.280. The molecule has 1 aliphatic heterocycles. The number of benzene rings is 1. The van der Waals surface area contributed by atoms with Crippen molar-refractivity contribution in [1.82, 2.24) is 14.3 Å². The number of ether oxygens (including phenoxy) is 1. The number of fused-ring (bicyclic) bond motifs is 1. The number of unbranched alkanes of at least 4 members (excludes halogenated alkanes) is 2. The molecule has 2 aromatic heterocycles. The molecule has 0 N–H and O–H groups in total. The SMILES string of the molecule is CCCCCN1C(=O)/C(=C\c2c(Oc3cccc(C)c3)nc3c(C)cccn3c2=O)SC1=S. The summed E-state index contributed by atoms with van der Waals surface area (Å²) in [4.78, 5) is 33.2. The second-order valence-corrected chi connectivity index (χ2v) is 9.66. The number of carbonyl (C=O) groups is 1. The van der Waals surface area contributed by atoms with Gasteiger partial charge in [0.15, 0.2) is 0 Å². The van der Waals surface area contributed by atoms with Crippen LogP contribution in [-0.2, 0) is 4.79 Å². The summed E-state index contributed by atoms with van der Waals surface area (Å²) >= 11 is 6.64. The maximum Gasteiger partial charge on any atom is 0.269 e. The average molecular weight is 480 g/mol. The van der Waals surface area contributed by atoms with Gasteiger partial charge in [-0.25, -0.2) is 0 Å². The highest BCUT2D eigenvalue weighted by atomic mass is 32.2. The lowest BCUT2D eigenvalue weighted by Crippen LogP contribution is -2.29. The molecule has 6 nitrogen and oxygen atoms in total. The van der Waals surface area contributed by atoms with Gasteiger partial charge in [0.25, 0.3) is 11.5 Å². The van der Waals surface area contributed by atoms with Gasteiger partial charge in [0, 0.05) is 12.7 Å². The molecule has 0 radical (unpaired) electrons. The third-order valence-electron chi connectivity index (χ3n) is 5.39. The van der Waals surface area contributed by atoms with Gasteiger partial charge in [-0.3, -0.25) is 18.9 Å². The van der Waals surface area contributed by atoms with Crippen LogP contribution in [0.15, 0.2) is 52.3 Å². The topological polar surface area (TPSA) is 63.9 Å². The molecule has 4 rings (SSSR count). The van der Waals surface area contributed by atoms with Gasteiger partial charge in [-0.15, -0.1) is 0 Å². The highest BCUT2D eigenvalue weighted by Gasteiger charge is 2.32. The van der Waals surface area contributed by atoms with Crippen molar-refractivity contribution < 1.29 is 9.53 Å². The van der Waals surface area contributed by atoms with E-state index in [9.17, 15) is 9.59 Å². The van der Waals surface area contributed by atoms with E-state index in [4.69, 9.17) is 17.0 Å². The molecule has 3 aromatic rings. The van der Waals surface area contributed by atoms with Crippen LogP contribution in [0, 0.1) is 13.8 Å². The van der Waals surface area contributed by atoms with Gasteiger partial charge in [-0.2, -0.15) is 4.98 Å². The molecule has 33 heavy (non-hydrogen) atoms.